The molecule has 1 amide bonds. The SMILES string of the molecule is COc1ccc(/C=C/C(=O)NC(=S)Nc2ccc(C(=O)[O-])cc2)cc1. The van der Waals surface area contributed by atoms with Gasteiger partial charge in [-0.05, 0) is 53.7 Å². The normalized spacial score (nSPS) is 10.3. The average Bonchev–Trinajstić information content (AvgIpc) is 2.60. The van der Waals surface area contributed by atoms with Gasteiger partial charge in [0.05, 0.1) is 13.1 Å². The maximum atomic E-state index is 11.8. The number of carboxylic acid groups (broad SMARTS) is 1. The van der Waals surface area contributed by atoms with Crippen LogP contribution in [0.3, 0.4) is 0 Å². The topological polar surface area (TPSA) is 90.5 Å². The Morgan fingerprint density at radius 3 is 2.28 bits per heavy atom. The second-order valence-electron chi connectivity index (χ2n) is 4.91. The lowest BCUT2D eigenvalue weighted by Crippen LogP contribution is -2.32. The molecule has 2 aromatic carbocycles. The number of carbonyl (C=O) groups excluding carboxylic acids is 2. The Labute approximate surface area is 150 Å². The number of carbonyl (C=O) groups is 2. The van der Waals surface area contributed by atoms with Gasteiger partial charge in [-0.1, -0.05) is 24.3 Å². The van der Waals surface area contributed by atoms with E-state index in [1.54, 1.807) is 25.3 Å². The monoisotopic (exact) mass is 355 g/mol. The first-order valence-electron chi connectivity index (χ1n) is 7.23. The summed E-state index contributed by atoms with van der Waals surface area (Å²) >= 11 is 5.04. The molecule has 0 saturated carbocycles. The van der Waals surface area contributed by atoms with Crippen LogP contribution in [0.15, 0.2) is 54.6 Å². The van der Waals surface area contributed by atoms with Crippen LogP contribution in [0, 0.1) is 0 Å². The smallest absolute Gasteiger partial charge is 0.250 e. The summed E-state index contributed by atoms with van der Waals surface area (Å²) in [6.45, 7) is 0. The molecule has 2 aromatic rings. The van der Waals surface area contributed by atoms with Crippen molar-refractivity contribution in [1.82, 2.24) is 5.32 Å². The predicted octanol–water partition coefficient (Wildman–Crippen LogP) is 1.59. The summed E-state index contributed by atoms with van der Waals surface area (Å²) in [5.41, 5.74) is 1.45. The number of rotatable bonds is 5. The molecule has 0 aliphatic carbocycles. The lowest BCUT2D eigenvalue weighted by molar-refractivity contribution is -0.255. The van der Waals surface area contributed by atoms with Gasteiger partial charge in [-0.15, -0.1) is 0 Å². The van der Waals surface area contributed by atoms with Crippen molar-refractivity contribution in [2.45, 2.75) is 0 Å². The molecular weight excluding hydrogens is 340 g/mol. The third-order valence-corrected chi connectivity index (χ3v) is 3.36. The number of nitrogens with one attached hydrogen (secondary N) is 2. The Morgan fingerprint density at radius 2 is 1.72 bits per heavy atom. The van der Waals surface area contributed by atoms with E-state index in [4.69, 9.17) is 17.0 Å². The number of thiocarbonyl (C=S) groups is 1. The number of methoxy groups -OCH3 is 1. The van der Waals surface area contributed by atoms with Crippen LogP contribution in [-0.4, -0.2) is 24.1 Å². The highest BCUT2D eigenvalue weighted by Gasteiger charge is 2.02. The molecule has 0 spiro atoms. The van der Waals surface area contributed by atoms with Crippen molar-refractivity contribution in [3.05, 3.63) is 65.7 Å². The summed E-state index contributed by atoms with van der Waals surface area (Å²) in [5.74, 6) is -0.914. The standard InChI is InChI=1S/C18H16N2O4S/c1-24-15-9-2-12(3-10-15)4-11-16(21)20-18(25)19-14-7-5-13(6-8-14)17(22)23/h2-11H,1H3,(H,22,23)(H2,19,20,21,25)/p-1/b11-4+. The molecule has 0 radical (unpaired) electrons. The lowest BCUT2D eigenvalue weighted by atomic mass is 10.2. The average molecular weight is 355 g/mol. The molecule has 128 valence electrons. The summed E-state index contributed by atoms with van der Waals surface area (Å²) in [6, 6.07) is 13.0. The van der Waals surface area contributed by atoms with E-state index in [0.717, 1.165) is 11.3 Å². The van der Waals surface area contributed by atoms with Gasteiger partial charge in [0.2, 0.25) is 5.91 Å². The van der Waals surface area contributed by atoms with Crippen LogP contribution in [-0.2, 0) is 4.79 Å². The van der Waals surface area contributed by atoms with Gasteiger partial charge in [-0.3, -0.25) is 10.1 Å². The fourth-order valence-corrected chi connectivity index (χ4v) is 2.11. The Hall–Kier alpha value is -3.19. The summed E-state index contributed by atoms with van der Waals surface area (Å²) in [5, 5.41) is 16.1. The van der Waals surface area contributed by atoms with Crippen LogP contribution in [0.5, 0.6) is 5.75 Å². The quantitative estimate of drug-likeness (QED) is 0.625. The molecule has 0 atom stereocenters. The second-order valence-corrected chi connectivity index (χ2v) is 5.32. The van der Waals surface area contributed by atoms with Gasteiger partial charge >= 0.3 is 0 Å². The molecule has 0 unspecified atom stereocenters. The van der Waals surface area contributed by atoms with Crippen LogP contribution < -0.4 is 20.5 Å². The Kier molecular flexibility index (Phi) is 6.25. The van der Waals surface area contributed by atoms with Crippen molar-refractivity contribution in [2.24, 2.45) is 0 Å². The third-order valence-electron chi connectivity index (χ3n) is 3.16. The fourth-order valence-electron chi connectivity index (χ4n) is 1.89. The van der Waals surface area contributed by atoms with Crippen molar-refractivity contribution < 1.29 is 19.4 Å². The van der Waals surface area contributed by atoms with E-state index in [-0.39, 0.29) is 16.6 Å². The van der Waals surface area contributed by atoms with Crippen LogP contribution in [0.2, 0.25) is 0 Å². The molecule has 0 aromatic heterocycles. The number of aromatic carboxylic acids is 1. The highest BCUT2D eigenvalue weighted by atomic mass is 32.1. The predicted molar refractivity (Wildman–Crippen MR) is 97.2 cm³/mol. The minimum absolute atomic E-state index is 0.0583. The molecular formula is C18H15N2O4S-. The van der Waals surface area contributed by atoms with E-state index in [2.05, 4.69) is 10.6 Å². The summed E-state index contributed by atoms with van der Waals surface area (Å²) < 4.78 is 5.06. The summed E-state index contributed by atoms with van der Waals surface area (Å²) in [6.07, 6.45) is 3.00. The number of hydrogen-bond donors (Lipinski definition) is 2. The van der Waals surface area contributed by atoms with Gasteiger partial charge in [0.25, 0.3) is 0 Å². The summed E-state index contributed by atoms with van der Waals surface area (Å²) in [4.78, 5) is 22.5. The van der Waals surface area contributed by atoms with Gasteiger partial charge in [0, 0.05) is 11.8 Å². The van der Waals surface area contributed by atoms with E-state index < -0.39 is 5.97 Å². The molecule has 0 fully saturated rings. The molecule has 2 rings (SSSR count). The first-order valence-corrected chi connectivity index (χ1v) is 7.64. The number of hydrogen-bond acceptors (Lipinski definition) is 5. The van der Waals surface area contributed by atoms with Crippen LogP contribution in [0.1, 0.15) is 15.9 Å². The fraction of sp³-hybridized carbons (Fsp3) is 0.0556. The van der Waals surface area contributed by atoms with Crippen LogP contribution in [0.25, 0.3) is 6.08 Å². The molecule has 2 N–H and O–H groups in total. The van der Waals surface area contributed by atoms with Crippen molar-refractivity contribution in [2.75, 3.05) is 12.4 Å². The van der Waals surface area contributed by atoms with Crippen molar-refractivity contribution >= 4 is 41.0 Å². The zero-order valence-electron chi connectivity index (χ0n) is 13.3. The first kappa shape index (κ1) is 18.2. The highest BCUT2D eigenvalue weighted by molar-refractivity contribution is 7.80. The minimum atomic E-state index is -1.26. The molecule has 6 nitrogen and oxygen atoms in total. The maximum absolute atomic E-state index is 11.8. The largest absolute Gasteiger partial charge is 0.545 e. The van der Waals surface area contributed by atoms with Crippen molar-refractivity contribution in [3.8, 4) is 5.75 Å². The first-order chi connectivity index (χ1) is 12.0. The Morgan fingerprint density at radius 1 is 1.08 bits per heavy atom. The molecule has 0 aliphatic rings. The van der Waals surface area contributed by atoms with Gasteiger partial charge in [0.1, 0.15) is 5.75 Å². The second kappa shape index (κ2) is 8.60. The highest BCUT2D eigenvalue weighted by Crippen LogP contribution is 2.12. The lowest BCUT2D eigenvalue weighted by Gasteiger charge is -2.09. The van der Waals surface area contributed by atoms with Gasteiger partial charge < -0.3 is 20.0 Å². The molecule has 0 aliphatic heterocycles. The summed E-state index contributed by atoms with van der Waals surface area (Å²) in [7, 11) is 1.58. The van der Waals surface area contributed by atoms with E-state index in [1.165, 1.54) is 30.3 Å². The maximum Gasteiger partial charge on any atom is 0.250 e. The van der Waals surface area contributed by atoms with E-state index >= 15 is 0 Å². The number of amides is 1. The molecule has 0 bridgehead atoms. The number of carboxylic acids is 1. The van der Waals surface area contributed by atoms with E-state index in [1.807, 2.05) is 12.1 Å². The number of ether oxygens (including phenoxy) is 1. The molecule has 7 heteroatoms. The third kappa shape index (κ3) is 5.74. The van der Waals surface area contributed by atoms with E-state index in [9.17, 15) is 14.7 Å². The van der Waals surface area contributed by atoms with Gasteiger partial charge in [-0.25, -0.2) is 0 Å². The minimum Gasteiger partial charge on any atom is -0.545 e. The Balaban J connectivity index is 1.87. The van der Waals surface area contributed by atoms with Crippen molar-refractivity contribution in [1.29, 1.82) is 0 Å². The van der Waals surface area contributed by atoms with Crippen molar-refractivity contribution in [3.63, 3.8) is 0 Å². The molecule has 0 saturated heterocycles. The van der Waals surface area contributed by atoms with Gasteiger partial charge in [0.15, 0.2) is 5.11 Å². The zero-order valence-corrected chi connectivity index (χ0v) is 14.1. The number of anilines is 1. The Bertz CT molecular complexity index is 799. The number of benzene rings is 2. The molecule has 25 heavy (non-hydrogen) atoms. The van der Waals surface area contributed by atoms with E-state index in [0.29, 0.717) is 5.69 Å². The van der Waals surface area contributed by atoms with Crippen LogP contribution in [0.4, 0.5) is 5.69 Å². The molecule has 0 heterocycles. The van der Waals surface area contributed by atoms with Gasteiger partial charge in [-0.2, -0.15) is 0 Å². The van der Waals surface area contributed by atoms with Crippen LogP contribution >= 0.6 is 12.2 Å². The zero-order chi connectivity index (χ0) is 18.2.